The van der Waals surface area contributed by atoms with Crippen LogP contribution in [0.2, 0.25) is 0 Å². The fourth-order valence-corrected chi connectivity index (χ4v) is 4.29. The predicted molar refractivity (Wildman–Crippen MR) is 120 cm³/mol. The number of aromatic nitrogens is 2. The van der Waals surface area contributed by atoms with Crippen molar-refractivity contribution >= 4 is 34.5 Å². The van der Waals surface area contributed by atoms with E-state index in [4.69, 9.17) is 4.42 Å². The van der Waals surface area contributed by atoms with Gasteiger partial charge in [-0.3, -0.25) is 14.5 Å². The number of carbonyl (C=O) groups is 2. The van der Waals surface area contributed by atoms with Crippen LogP contribution in [0.5, 0.6) is 0 Å². The second-order valence-corrected chi connectivity index (χ2v) is 8.35. The zero-order valence-corrected chi connectivity index (χ0v) is 18.2. The standard InChI is InChI=1S/C22H25N5O3S/c1-2-11-26(15-20-24-25-22(30-20)18-9-6-13-31-18)14-19(28)23-16-7-3-4-8-17(16)27-12-5-10-21(27)29/h3-4,6-9,13H,2,5,10-12,14-15H2,1H3,(H,23,28). The Hall–Kier alpha value is -3.04. The van der Waals surface area contributed by atoms with Gasteiger partial charge in [0.2, 0.25) is 17.7 Å². The minimum atomic E-state index is -0.148. The largest absolute Gasteiger partial charge is 0.419 e. The number of amides is 2. The third-order valence-electron chi connectivity index (χ3n) is 5.01. The summed E-state index contributed by atoms with van der Waals surface area (Å²) in [6.45, 7) is 4.04. The number of carbonyl (C=O) groups excluding carboxylic acids is 2. The molecule has 0 atom stereocenters. The first-order valence-corrected chi connectivity index (χ1v) is 11.3. The van der Waals surface area contributed by atoms with Crippen molar-refractivity contribution in [2.75, 3.05) is 29.9 Å². The van der Waals surface area contributed by atoms with Gasteiger partial charge in [-0.25, -0.2) is 0 Å². The van der Waals surface area contributed by atoms with Gasteiger partial charge < -0.3 is 14.6 Å². The van der Waals surface area contributed by atoms with Crippen LogP contribution in [0.25, 0.3) is 10.8 Å². The summed E-state index contributed by atoms with van der Waals surface area (Å²) in [4.78, 5) is 29.6. The summed E-state index contributed by atoms with van der Waals surface area (Å²) < 4.78 is 5.77. The SMILES string of the molecule is CCCN(CC(=O)Nc1ccccc1N1CCCC1=O)Cc1nnc(-c2cccs2)o1. The molecule has 0 unspecified atom stereocenters. The van der Waals surface area contributed by atoms with Gasteiger partial charge in [-0.15, -0.1) is 21.5 Å². The molecule has 3 heterocycles. The van der Waals surface area contributed by atoms with Crippen molar-refractivity contribution in [3.05, 3.63) is 47.7 Å². The van der Waals surface area contributed by atoms with E-state index in [1.54, 1.807) is 16.2 Å². The number of nitrogens with one attached hydrogen (secondary N) is 1. The van der Waals surface area contributed by atoms with Crippen molar-refractivity contribution in [2.45, 2.75) is 32.7 Å². The molecule has 1 N–H and O–H groups in total. The van der Waals surface area contributed by atoms with Crippen molar-refractivity contribution in [2.24, 2.45) is 0 Å². The summed E-state index contributed by atoms with van der Waals surface area (Å²) in [6, 6.07) is 11.3. The Labute approximate surface area is 184 Å². The molecular weight excluding hydrogens is 414 g/mol. The smallest absolute Gasteiger partial charge is 0.257 e. The molecule has 3 aromatic rings. The monoisotopic (exact) mass is 439 g/mol. The lowest BCUT2D eigenvalue weighted by Crippen LogP contribution is -2.34. The highest BCUT2D eigenvalue weighted by atomic mass is 32.1. The maximum Gasteiger partial charge on any atom is 0.257 e. The highest BCUT2D eigenvalue weighted by Gasteiger charge is 2.24. The van der Waals surface area contributed by atoms with Crippen molar-refractivity contribution < 1.29 is 14.0 Å². The highest BCUT2D eigenvalue weighted by Crippen LogP contribution is 2.29. The van der Waals surface area contributed by atoms with Gasteiger partial charge in [0.05, 0.1) is 29.3 Å². The molecule has 9 heteroatoms. The number of thiophene rings is 1. The lowest BCUT2D eigenvalue weighted by molar-refractivity contribution is -0.118. The van der Waals surface area contributed by atoms with E-state index in [1.807, 2.05) is 46.7 Å². The van der Waals surface area contributed by atoms with Crippen LogP contribution in [0.3, 0.4) is 0 Å². The molecule has 1 aliphatic heterocycles. The van der Waals surface area contributed by atoms with E-state index in [-0.39, 0.29) is 18.4 Å². The molecule has 0 bridgehead atoms. The summed E-state index contributed by atoms with van der Waals surface area (Å²) in [7, 11) is 0. The molecule has 1 aliphatic rings. The van der Waals surface area contributed by atoms with Crippen LogP contribution in [0.15, 0.2) is 46.2 Å². The van der Waals surface area contributed by atoms with E-state index in [1.165, 1.54) is 0 Å². The average Bonchev–Trinajstić information content (AvgIpc) is 3.50. The van der Waals surface area contributed by atoms with Gasteiger partial charge in [0.15, 0.2) is 0 Å². The summed E-state index contributed by atoms with van der Waals surface area (Å²) >= 11 is 1.54. The number of anilines is 2. The molecule has 1 saturated heterocycles. The Bertz CT molecular complexity index is 1030. The third-order valence-corrected chi connectivity index (χ3v) is 5.86. The lowest BCUT2D eigenvalue weighted by Gasteiger charge is -2.22. The Morgan fingerprint density at radius 2 is 2.13 bits per heavy atom. The van der Waals surface area contributed by atoms with E-state index in [0.717, 1.165) is 30.0 Å². The second kappa shape index (κ2) is 9.84. The van der Waals surface area contributed by atoms with Crippen LogP contribution in [0.1, 0.15) is 32.1 Å². The van der Waals surface area contributed by atoms with Crippen LogP contribution in [0, 0.1) is 0 Å². The van der Waals surface area contributed by atoms with Gasteiger partial charge in [-0.05, 0) is 43.0 Å². The average molecular weight is 440 g/mol. The van der Waals surface area contributed by atoms with Gasteiger partial charge in [0, 0.05) is 13.0 Å². The lowest BCUT2D eigenvalue weighted by atomic mass is 10.2. The molecule has 1 aromatic carbocycles. The summed E-state index contributed by atoms with van der Waals surface area (Å²) in [5.74, 6) is 0.917. The minimum absolute atomic E-state index is 0.0900. The van der Waals surface area contributed by atoms with Crippen LogP contribution >= 0.6 is 11.3 Å². The number of benzene rings is 1. The molecular formula is C22H25N5O3S. The van der Waals surface area contributed by atoms with Crippen LogP contribution < -0.4 is 10.2 Å². The number of hydrogen-bond acceptors (Lipinski definition) is 7. The van der Waals surface area contributed by atoms with Crippen LogP contribution in [0.4, 0.5) is 11.4 Å². The minimum Gasteiger partial charge on any atom is -0.419 e. The van der Waals surface area contributed by atoms with Crippen molar-refractivity contribution in [1.82, 2.24) is 15.1 Å². The zero-order chi connectivity index (χ0) is 21.6. The van der Waals surface area contributed by atoms with Crippen LogP contribution in [-0.2, 0) is 16.1 Å². The molecule has 2 amide bonds. The Balaban J connectivity index is 1.41. The number of para-hydroxylation sites is 2. The van der Waals surface area contributed by atoms with E-state index >= 15 is 0 Å². The quantitative estimate of drug-likeness (QED) is 0.546. The van der Waals surface area contributed by atoms with Gasteiger partial charge in [-0.1, -0.05) is 25.1 Å². The van der Waals surface area contributed by atoms with Crippen molar-refractivity contribution in [1.29, 1.82) is 0 Å². The normalized spacial score (nSPS) is 13.9. The number of hydrogen-bond donors (Lipinski definition) is 1. The Morgan fingerprint density at radius 3 is 2.87 bits per heavy atom. The van der Waals surface area contributed by atoms with E-state index in [0.29, 0.717) is 37.0 Å². The number of rotatable bonds is 9. The first kappa shape index (κ1) is 21.2. The zero-order valence-electron chi connectivity index (χ0n) is 17.4. The van der Waals surface area contributed by atoms with Crippen LogP contribution in [-0.4, -0.2) is 46.5 Å². The molecule has 0 radical (unpaired) electrons. The van der Waals surface area contributed by atoms with Gasteiger partial charge in [0.1, 0.15) is 0 Å². The Kier molecular flexibility index (Phi) is 6.73. The third kappa shape index (κ3) is 5.18. The maximum atomic E-state index is 12.8. The molecule has 0 saturated carbocycles. The molecule has 4 rings (SSSR count). The van der Waals surface area contributed by atoms with E-state index < -0.39 is 0 Å². The second-order valence-electron chi connectivity index (χ2n) is 7.40. The molecule has 1 fully saturated rings. The number of nitrogens with zero attached hydrogens (tertiary/aromatic N) is 4. The summed E-state index contributed by atoms with van der Waals surface area (Å²) in [5.41, 5.74) is 1.40. The van der Waals surface area contributed by atoms with E-state index in [2.05, 4.69) is 22.4 Å². The highest BCUT2D eigenvalue weighted by molar-refractivity contribution is 7.13. The van der Waals surface area contributed by atoms with E-state index in [9.17, 15) is 9.59 Å². The predicted octanol–water partition coefficient (Wildman–Crippen LogP) is 3.78. The first-order chi connectivity index (χ1) is 15.1. The molecule has 0 aliphatic carbocycles. The van der Waals surface area contributed by atoms with Crippen molar-refractivity contribution in [3.8, 4) is 10.8 Å². The van der Waals surface area contributed by atoms with Gasteiger partial charge >= 0.3 is 0 Å². The fourth-order valence-electron chi connectivity index (χ4n) is 3.65. The molecule has 0 spiro atoms. The molecule has 2 aromatic heterocycles. The van der Waals surface area contributed by atoms with Gasteiger partial charge in [-0.2, -0.15) is 0 Å². The molecule has 8 nitrogen and oxygen atoms in total. The first-order valence-electron chi connectivity index (χ1n) is 10.4. The topological polar surface area (TPSA) is 91.6 Å². The van der Waals surface area contributed by atoms with Gasteiger partial charge in [0.25, 0.3) is 5.89 Å². The summed E-state index contributed by atoms with van der Waals surface area (Å²) in [5, 5.41) is 13.2. The van der Waals surface area contributed by atoms with Crippen molar-refractivity contribution in [3.63, 3.8) is 0 Å². The fraction of sp³-hybridized carbons (Fsp3) is 0.364. The Morgan fingerprint density at radius 1 is 1.26 bits per heavy atom. The molecule has 162 valence electrons. The molecule has 31 heavy (non-hydrogen) atoms. The summed E-state index contributed by atoms with van der Waals surface area (Å²) in [6.07, 6.45) is 2.27. The maximum absolute atomic E-state index is 12.8.